The number of nitrogens with one attached hydrogen (secondary N) is 2. The molecule has 0 aliphatic heterocycles. The average molecular weight is 464 g/mol. The largest absolute Gasteiger partial charge is 0.444 e. The van der Waals surface area contributed by atoms with E-state index in [-0.39, 0.29) is 11.9 Å². The van der Waals surface area contributed by atoms with Crippen molar-refractivity contribution in [3.8, 4) is 0 Å². The van der Waals surface area contributed by atoms with Crippen LogP contribution < -0.4 is 10.6 Å². The summed E-state index contributed by atoms with van der Waals surface area (Å²) in [6.07, 6.45) is -0.821. The van der Waals surface area contributed by atoms with Crippen LogP contribution in [-0.4, -0.2) is 57.7 Å². The maximum Gasteiger partial charge on any atom is 0.408 e. The minimum atomic E-state index is -1.28. The number of rotatable bonds is 7. The molecule has 1 rings (SSSR count). The van der Waals surface area contributed by atoms with Gasteiger partial charge in [-0.3, -0.25) is 9.59 Å². The molecule has 33 heavy (non-hydrogen) atoms. The Kier molecular flexibility index (Phi) is 9.48. The quantitative estimate of drug-likeness (QED) is 0.575. The van der Waals surface area contributed by atoms with Gasteiger partial charge in [-0.2, -0.15) is 0 Å². The van der Waals surface area contributed by atoms with Gasteiger partial charge in [0.1, 0.15) is 17.7 Å². The summed E-state index contributed by atoms with van der Waals surface area (Å²) >= 11 is 0. The van der Waals surface area contributed by atoms with Gasteiger partial charge in [0.05, 0.1) is 6.61 Å². The van der Waals surface area contributed by atoms with Gasteiger partial charge in [-0.25, -0.2) is 4.79 Å². The fourth-order valence-corrected chi connectivity index (χ4v) is 3.60. The fraction of sp³-hybridized carbons (Fsp3) is 0.640. The number of carbonyl (C=O) groups is 3. The zero-order chi connectivity index (χ0) is 25.7. The number of benzene rings is 1. The lowest BCUT2D eigenvalue weighted by molar-refractivity contribution is -0.149. The molecule has 8 heteroatoms. The highest BCUT2D eigenvalue weighted by Crippen LogP contribution is 2.31. The molecule has 2 unspecified atom stereocenters. The fourth-order valence-electron chi connectivity index (χ4n) is 3.60. The van der Waals surface area contributed by atoms with E-state index >= 15 is 0 Å². The molecule has 186 valence electrons. The third-order valence-corrected chi connectivity index (χ3v) is 4.63. The molecule has 1 aromatic carbocycles. The van der Waals surface area contributed by atoms with Crippen LogP contribution >= 0.6 is 0 Å². The Labute approximate surface area is 198 Å². The highest BCUT2D eigenvalue weighted by molar-refractivity contribution is 5.92. The van der Waals surface area contributed by atoms with Crippen molar-refractivity contribution in [2.75, 3.05) is 6.61 Å². The summed E-state index contributed by atoms with van der Waals surface area (Å²) in [6.45, 7) is 17.5. The molecule has 0 spiro atoms. The summed E-state index contributed by atoms with van der Waals surface area (Å²) in [7, 11) is 0. The third-order valence-electron chi connectivity index (χ3n) is 4.63. The molecule has 2 atom stereocenters. The number of alkyl carbamates (subject to hydrolysis) is 1. The number of ether oxygens (including phenoxy) is 1. The van der Waals surface area contributed by atoms with Crippen LogP contribution in [0.15, 0.2) is 18.2 Å². The van der Waals surface area contributed by atoms with E-state index in [2.05, 4.69) is 10.6 Å². The zero-order valence-electron chi connectivity index (χ0n) is 21.7. The number of aliphatic hydroxyl groups is 1. The van der Waals surface area contributed by atoms with E-state index < -0.39 is 41.8 Å². The molecule has 0 saturated carbocycles. The second-order valence-electron chi connectivity index (χ2n) is 10.7. The van der Waals surface area contributed by atoms with Crippen LogP contribution in [-0.2, 0) is 14.3 Å². The Hall–Kier alpha value is -2.61. The minimum Gasteiger partial charge on any atom is -0.444 e. The van der Waals surface area contributed by atoms with E-state index in [0.29, 0.717) is 5.56 Å². The Morgan fingerprint density at radius 1 is 0.970 bits per heavy atom. The predicted molar refractivity (Wildman–Crippen MR) is 129 cm³/mol. The molecule has 0 heterocycles. The van der Waals surface area contributed by atoms with Gasteiger partial charge in [-0.1, -0.05) is 29.3 Å². The van der Waals surface area contributed by atoms with Crippen molar-refractivity contribution in [3.63, 3.8) is 0 Å². The summed E-state index contributed by atoms with van der Waals surface area (Å²) in [4.78, 5) is 40.9. The van der Waals surface area contributed by atoms with E-state index in [1.807, 2.05) is 66.7 Å². The van der Waals surface area contributed by atoms with Gasteiger partial charge in [0.25, 0.3) is 0 Å². The van der Waals surface area contributed by atoms with Crippen molar-refractivity contribution in [2.24, 2.45) is 0 Å². The lowest BCUT2D eigenvalue weighted by Crippen LogP contribution is -2.59. The molecule has 0 fully saturated rings. The number of carbonyl (C=O) groups excluding carboxylic acids is 3. The van der Waals surface area contributed by atoms with Crippen molar-refractivity contribution in [3.05, 3.63) is 34.9 Å². The van der Waals surface area contributed by atoms with Crippen molar-refractivity contribution in [1.29, 1.82) is 0 Å². The van der Waals surface area contributed by atoms with Crippen LogP contribution in [0.2, 0.25) is 0 Å². The molecule has 0 saturated heterocycles. The first-order chi connectivity index (χ1) is 15.0. The van der Waals surface area contributed by atoms with E-state index in [1.54, 1.807) is 20.8 Å². The lowest BCUT2D eigenvalue weighted by Gasteiger charge is -2.43. The van der Waals surface area contributed by atoms with Gasteiger partial charge >= 0.3 is 6.09 Å². The summed E-state index contributed by atoms with van der Waals surface area (Å²) in [5.74, 6) is -0.925. The second kappa shape index (κ2) is 11.0. The molecule has 0 aliphatic rings. The standard InChI is InChI=1S/C25H41N3O5/c1-15(2)26-21(30)20(18-12-16(3)11-17(4)13-18)28(24(5,6)7)22(31)19(14-29)27-23(32)33-25(8,9)10/h11-13,15,19-20,29H,14H2,1-10H3,(H,26,30)(H,27,32). The number of hydrogen-bond acceptors (Lipinski definition) is 5. The molecular weight excluding hydrogens is 422 g/mol. The molecule has 8 nitrogen and oxygen atoms in total. The van der Waals surface area contributed by atoms with Gasteiger partial charge in [-0.05, 0) is 74.8 Å². The third kappa shape index (κ3) is 8.68. The normalized spacial score (nSPS) is 13.8. The second-order valence-corrected chi connectivity index (χ2v) is 10.7. The van der Waals surface area contributed by atoms with Gasteiger partial charge < -0.3 is 25.4 Å². The summed E-state index contributed by atoms with van der Waals surface area (Å²) in [5.41, 5.74) is 0.994. The molecule has 1 aromatic rings. The number of aliphatic hydroxyl groups excluding tert-OH is 1. The monoisotopic (exact) mass is 463 g/mol. The smallest absolute Gasteiger partial charge is 0.408 e. The summed E-state index contributed by atoms with van der Waals surface area (Å²) < 4.78 is 5.25. The highest BCUT2D eigenvalue weighted by atomic mass is 16.6. The SMILES string of the molecule is Cc1cc(C)cc(C(C(=O)NC(C)C)N(C(=O)C(CO)NC(=O)OC(C)(C)C)C(C)(C)C)c1. The average Bonchev–Trinajstić information content (AvgIpc) is 2.59. The van der Waals surface area contributed by atoms with E-state index in [4.69, 9.17) is 4.74 Å². The number of hydrogen-bond donors (Lipinski definition) is 3. The topological polar surface area (TPSA) is 108 Å². The molecule has 3 N–H and O–H groups in total. The van der Waals surface area contributed by atoms with Gasteiger partial charge in [0.2, 0.25) is 11.8 Å². The van der Waals surface area contributed by atoms with Gasteiger partial charge in [-0.15, -0.1) is 0 Å². The minimum absolute atomic E-state index is 0.142. The van der Waals surface area contributed by atoms with Crippen LogP contribution in [0, 0.1) is 13.8 Å². The molecule has 3 amide bonds. The molecule has 0 aromatic heterocycles. The Morgan fingerprint density at radius 3 is 1.88 bits per heavy atom. The van der Waals surface area contributed by atoms with Gasteiger partial charge in [0, 0.05) is 11.6 Å². The van der Waals surface area contributed by atoms with Crippen LogP contribution in [0.1, 0.15) is 78.1 Å². The lowest BCUT2D eigenvalue weighted by atomic mass is 9.93. The molecule has 0 aliphatic carbocycles. The Morgan fingerprint density at radius 2 is 1.48 bits per heavy atom. The van der Waals surface area contributed by atoms with E-state index in [9.17, 15) is 19.5 Å². The van der Waals surface area contributed by atoms with Crippen LogP contribution in [0.3, 0.4) is 0 Å². The first-order valence-corrected chi connectivity index (χ1v) is 11.3. The summed E-state index contributed by atoms with van der Waals surface area (Å²) in [5, 5.41) is 15.3. The van der Waals surface area contributed by atoms with Crippen molar-refractivity contribution in [1.82, 2.24) is 15.5 Å². The molecule has 0 bridgehead atoms. The summed E-state index contributed by atoms with van der Waals surface area (Å²) in [6, 6.07) is 3.35. The number of aryl methyl sites for hydroxylation is 2. The van der Waals surface area contributed by atoms with E-state index in [1.165, 1.54) is 4.90 Å². The van der Waals surface area contributed by atoms with Crippen LogP contribution in [0.5, 0.6) is 0 Å². The van der Waals surface area contributed by atoms with Crippen molar-refractivity contribution in [2.45, 2.75) is 98.5 Å². The van der Waals surface area contributed by atoms with Crippen molar-refractivity contribution >= 4 is 17.9 Å². The van der Waals surface area contributed by atoms with Gasteiger partial charge in [0.15, 0.2) is 0 Å². The number of nitrogens with zero attached hydrogens (tertiary/aromatic N) is 1. The first-order valence-electron chi connectivity index (χ1n) is 11.3. The maximum atomic E-state index is 13.7. The molecule has 0 radical (unpaired) electrons. The molecular formula is C25H41N3O5. The van der Waals surface area contributed by atoms with Crippen LogP contribution in [0.4, 0.5) is 4.79 Å². The Bertz CT molecular complexity index is 832. The first kappa shape index (κ1) is 28.4. The van der Waals surface area contributed by atoms with Crippen LogP contribution in [0.25, 0.3) is 0 Å². The van der Waals surface area contributed by atoms with E-state index in [0.717, 1.165) is 11.1 Å². The Balaban J connectivity index is 3.52. The highest BCUT2D eigenvalue weighted by Gasteiger charge is 2.42. The zero-order valence-corrected chi connectivity index (χ0v) is 21.7. The number of amides is 3. The van der Waals surface area contributed by atoms with Crippen molar-refractivity contribution < 1.29 is 24.2 Å². The predicted octanol–water partition coefficient (Wildman–Crippen LogP) is 3.38. The maximum absolute atomic E-state index is 13.7.